The molecular weight excluding hydrogens is 438 g/mol. The van der Waals surface area contributed by atoms with Crippen molar-refractivity contribution in [3.05, 3.63) is 58.3 Å². The molecule has 0 N–H and O–H groups in total. The molecule has 8 nitrogen and oxygen atoms in total. The van der Waals surface area contributed by atoms with E-state index in [1.54, 1.807) is 33.3 Å². The first-order valence-electron chi connectivity index (χ1n) is 9.77. The van der Waals surface area contributed by atoms with Crippen LogP contribution in [0.3, 0.4) is 0 Å². The molecule has 31 heavy (non-hydrogen) atoms. The molecule has 4 rings (SSSR count). The average Bonchev–Trinajstić information content (AvgIpc) is 3.44. The van der Waals surface area contributed by atoms with E-state index in [1.165, 1.54) is 18.4 Å². The van der Waals surface area contributed by atoms with E-state index in [2.05, 4.69) is 10.1 Å². The van der Waals surface area contributed by atoms with E-state index in [0.29, 0.717) is 36.9 Å². The van der Waals surface area contributed by atoms with Crippen molar-refractivity contribution in [2.24, 2.45) is 7.05 Å². The van der Waals surface area contributed by atoms with E-state index in [1.807, 2.05) is 30.3 Å². The van der Waals surface area contributed by atoms with E-state index in [0.717, 1.165) is 16.1 Å². The van der Waals surface area contributed by atoms with Gasteiger partial charge in [-0.25, -0.2) is 9.78 Å². The predicted octanol–water partition coefficient (Wildman–Crippen LogP) is 2.87. The van der Waals surface area contributed by atoms with Crippen molar-refractivity contribution in [2.75, 3.05) is 33.3 Å². The predicted molar refractivity (Wildman–Crippen MR) is 118 cm³/mol. The van der Waals surface area contributed by atoms with Crippen LogP contribution in [-0.2, 0) is 16.6 Å². The monoisotopic (exact) mass is 459 g/mol. The van der Waals surface area contributed by atoms with Gasteiger partial charge in [0.15, 0.2) is 0 Å². The lowest BCUT2D eigenvalue weighted by Crippen LogP contribution is -2.51. The lowest BCUT2D eigenvalue weighted by Gasteiger charge is -2.38. The topological polar surface area (TPSA) is 80.6 Å². The Hall–Kier alpha value is -2.75. The van der Waals surface area contributed by atoms with Crippen molar-refractivity contribution in [3.8, 4) is 10.6 Å². The number of esters is 1. The fourth-order valence-corrected chi connectivity index (χ4v) is 4.53. The summed E-state index contributed by atoms with van der Waals surface area (Å²) in [6.45, 7) is 2.10. The molecule has 1 amide bonds. The summed E-state index contributed by atoms with van der Waals surface area (Å²) in [5, 5.41) is 7.31. The van der Waals surface area contributed by atoms with Gasteiger partial charge in [0.2, 0.25) is 0 Å². The minimum atomic E-state index is -0.532. The van der Waals surface area contributed by atoms with Crippen LogP contribution in [0.4, 0.5) is 0 Å². The number of carbonyl (C=O) groups is 2. The summed E-state index contributed by atoms with van der Waals surface area (Å²) < 4.78 is 6.74. The zero-order valence-corrected chi connectivity index (χ0v) is 18.8. The number of thiazole rings is 1. The Balaban J connectivity index is 1.43. The van der Waals surface area contributed by atoms with Gasteiger partial charge in [0.1, 0.15) is 16.7 Å². The Morgan fingerprint density at radius 2 is 1.87 bits per heavy atom. The molecule has 1 atom stereocenters. The van der Waals surface area contributed by atoms with Crippen LogP contribution in [0.5, 0.6) is 0 Å². The Bertz CT molecular complexity index is 1070. The molecule has 1 fully saturated rings. The lowest BCUT2D eigenvalue weighted by molar-refractivity contribution is -0.148. The molecule has 0 aliphatic carbocycles. The number of carbonyl (C=O) groups excluding carboxylic acids is 2. The molecule has 0 spiro atoms. The lowest BCUT2D eigenvalue weighted by atomic mass is 10.0. The molecule has 0 radical (unpaired) electrons. The second-order valence-corrected chi connectivity index (χ2v) is 8.54. The van der Waals surface area contributed by atoms with E-state index in [4.69, 9.17) is 16.3 Å². The zero-order chi connectivity index (χ0) is 22.0. The average molecular weight is 460 g/mol. The van der Waals surface area contributed by atoms with E-state index in [-0.39, 0.29) is 11.9 Å². The third-order valence-corrected chi connectivity index (χ3v) is 6.40. The molecule has 162 valence electrons. The maximum Gasteiger partial charge on any atom is 0.327 e. The highest BCUT2D eigenvalue weighted by molar-refractivity contribution is 7.13. The largest absolute Gasteiger partial charge is 0.468 e. The summed E-state index contributed by atoms with van der Waals surface area (Å²) in [7, 11) is 3.22. The van der Waals surface area contributed by atoms with Crippen LogP contribution in [0.25, 0.3) is 10.6 Å². The van der Waals surface area contributed by atoms with Gasteiger partial charge in [-0.05, 0) is 17.7 Å². The van der Waals surface area contributed by atoms with Crippen LogP contribution in [0.1, 0.15) is 22.1 Å². The van der Waals surface area contributed by atoms with Gasteiger partial charge in [-0.1, -0.05) is 23.7 Å². The number of rotatable bonds is 5. The van der Waals surface area contributed by atoms with Gasteiger partial charge in [0.05, 0.1) is 13.3 Å². The fourth-order valence-electron chi connectivity index (χ4n) is 3.63. The highest BCUT2D eigenvalue weighted by Gasteiger charge is 2.33. The van der Waals surface area contributed by atoms with Crippen molar-refractivity contribution >= 4 is 34.8 Å². The number of methoxy groups -OCH3 is 1. The third-order valence-electron chi connectivity index (χ3n) is 5.25. The molecule has 3 aromatic rings. The van der Waals surface area contributed by atoms with E-state index >= 15 is 0 Å². The Labute approximate surface area is 189 Å². The summed E-state index contributed by atoms with van der Waals surface area (Å²) in [6, 6.07) is 6.65. The second-order valence-electron chi connectivity index (χ2n) is 7.25. The van der Waals surface area contributed by atoms with Gasteiger partial charge in [0, 0.05) is 55.4 Å². The maximum atomic E-state index is 12.9. The van der Waals surface area contributed by atoms with Crippen molar-refractivity contribution in [2.45, 2.75) is 6.04 Å². The Morgan fingerprint density at radius 1 is 1.16 bits per heavy atom. The summed E-state index contributed by atoms with van der Waals surface area (Å²) in [4.78, 5) is 33.7. The van der Waals surface area contributed by atoms with E-state index < -0.39 is 6.04 Å². The minimum Gasteiger partial charge on any atom is -0.468 e. The summed E-state index contributed by atoms with van der Waals surface area (Å²) >= 11 is 7.41. The first-order valence-corrected chi connectivity index (χ1v) is 11.0. The standard InChI is InChI=1S/C21H22ClN5O3S/c1-25-12-15(11-23-25)19-24-17(13-31-19)20(28)27-9-7-26(8-10-27)18(21(29)30-2)14-3-5-16(22)6-4-14/h3-6,11-13,18H,7-10H2,1-2H3. The number of hydrogen-bond acceptors (Lipinski definition) is 7. The van der Waals surface area contributed by atoms with Crippen LogP contribution < -0.4 is 0 Å². The van der Waals surface area contributed by atoms with Crippen molar-refractivity contribution in [1.82, 2.24) is 24.6 Å². The molecule has 10 heteroatoms. The Kier molecular flexibility index (Phi) is 6.35. The quantitative estimate of drug-likeness (QED) is 0.546. The number of nitrogens with zero attached hydrogens (tertiary/aromatic N) is 5. The number of piperazine rings is 1. The van der Waals surface area contributed by atoms with Gasteiger partial charge in [0.25, 0.3) is 5.91 Å². The molecule has 1 saturated heterocycles. The second kappa shape index (κ2) is 9.17. The number of halogens is 1. The van der Waals surface area contributed by atoms with Crippen LogP contribution in [0.2, 0.25) is 5.02 Å². The number of hydrogen-bond donors (Lipinski definition) is 0. The van der Waals surface area contributed by atoms with Crippen molar-refractivity contribution in [3.63, 3.8) is 0 Å². The van der Waals surface area contributed by atoms with Crippen molar-refractivity contribution in [1.29, 1.82) is 0 Å². The normalized spacial score (nSPS) is 15.6. The van der Waals surface area contributed by atoms with Gasteiger partial charge < -0.3 is 9.64 Å². The number of benzene rings is 1. The molecule has 1 unspecified atom stereocenters. The van der Waals surface area contributed by atoms with Crippen LogP contribution in [-0.4, -0.2) is 69.7 Å². The first-order chi connectivity index (χ1) is 15.0. The molecule has 1 aromatic carbocycles. The Morgan fingerprint density at radius 3 is 2.48 bits per heavy atom. The van der Waals surface area contributed by atoms with E-state index in [9.17, 15) is 9.59 Å². The molecule has 1 aliphatic rings. The molecule has 3 heterocycles. The molecule has 2 aromatic heterocycles. The molecular formula is C21H22ClN5O3S. The molecule has 1 aliphatic heterocycles. The third kappa shape index (κ3) is 4.63. The summed E-state index contributed by atoms with van der Waals surface area (Å²) in [5.41, 5.74) is 2.14. The van der Waals surface area contributed by atoms with Crippen LogP contribution in [0, 0.1) is 0 Å². The van der Waals surface area contributed by atoms with Crippen LogP contribution >= 0.6 is 22.9 Å². The van der Waals surface area contributed by atoms with Gasteiger partial charge in [-0.2, -0.15) is 5.10 Å². The number of aryl methyl sites for hydroxylation is 1. The zero-order valence-electron chi connectivity index (χ0n) is 17.2. The van der Waals surface area contributed by atoms with Gasteiger partial charge in [-0.3, -0.25) is 14.4 Å². The number of ether oxygens (including phenoxy) is 1. The molecule has 0 bridgehead atoms. The number of aromatic nitrogens is 3. The number of amides is 1. The smallest absolute Gasteiger partial charge is 0.327 e. The van der Waals surface area contributed by atoms with Gasteiger partial charge >= 0.3 is 5.97 Å². The molecule has 0 saturated carbocycles. The van der Waals surface area contributed by atoms with Crippen LogP contribution in [0.15, 0.2) is 42.0 Å². The highest BCUT2D eigenvalue weighted by Crippen LogP contribution is 2.27. The minimum absolute atomic E-state index is 0.104. The maximum absolute atomic E-state index is 12.9. The SMILES string of the molecule is COC(=O)C(c1ccc(Cl)cc1)N1CCN(C(=O)c2csc(-c3cnn(C)c3)n2)CC1. The summed E-state index contributed by atoms with van der Waals surface area (Å²) in [5.74, 6) is -0.435. The van der Waals surface area contributed by atoms with Gasteiger partial charge in [-0.15, -0.1) is 11.3 Å². The summed E-state index contributed by atoms with van der Waals surface area (Å²) in [6.07, 6.45) is 3.60. The fraction of sp³-hybridized carbons (Fsp3) is 0.333. The van der Waals surface area contributed by atoms with Crippen molar-refractivity contribution < 1.29 is 14.3 Å². The highest BCUT2D eigenvalue weighted by atomic mass is 35.5. The first kappa shape index (κ1) is 21.5.